The molecule has 0 spiro atoms. The Balaban J connectivity index is 2.44. The number of hydrogen-bond acceptors (Lipinski definition) is 3. The Kier molecular flexibility index (Phi) is 6.98. The first-order valence-corrected chi connectivity index (χ1v) is 7.12. The van der Waals surface area contributed by atoms with E-state index in [1.54, 1.807) is 0 Å². The Morgan fingerprint density at radius 1 is 1.33 bits per heavy atom. The second-order valence-electron chi connectivity index (χ2n) is 5.05. The molecule has 4 nitrogen and oxygen atoms in total. The van der Waals surface area contributed by atoms with E-state index in [4.69, 9.17) is 0 Å². The molecule has 0 atom stereocenters. The summed E-state index contributed by atoms with van der Waals surface area (Å²) in [5.74, 6) is 0. The van der Waals surface area contributed by atoms with Crippen molar-refractivity contribution in [3.8, 4) is 0 Å². The van der Waals surface area contributed by atoms with Crippen LogP contribution in [0.15, 0.2) is 12.5 Å². The van der Waals surface area contributed by atoms with Gasteiger partial charge in [-0.3, -0.25) is 0 Å². The molecule has 0 radical (unpaired) electrons. The fraction of sp³-hybridized carbons (Fsp3) is 0.786. The van der Waals surface area contributed by atoms with Crippen molar-refractivity contribution in [2.45, 2.75) is 53.2 Å². The van der Waals surface area contributed by atoms with E-state index in [1.165, 1.54) is 18.7 Å². The summed E-state index contributed by atoms with van der Waals surface area (Å²) in [4.78, 5) is 6.74. The van der Waals surface area contributed by atoms with Crippen LogP contribution >= 0.6 is 0 Å². The molecule has 1 aromatic heterocycles. The van der Waals surface area contributed by atoms with Gasteiger partial charge in [0.2, 0.25) is 0 Å². The lowest BCUT2D eigenvalue weighted by atomic mass is 10.3. The van der Waals surface area contributed by atoms with Crippen molar-refractivity contribution < 1.29 is 0 Å². The average Bonchev–Trinajstić information content (AvgIpc) is 2.79. The summed E-state index contributed by atoms with van der Waals surface area (Å²) in [7, 11) is 0. The number of nitrogens with zero attached hydrogens (tertiary/aromatic N) is 3. The summed E-state index contributed by atoms with van der Waals surface area (Å²) in [6.45, 7) is 14.1. The van der Waals surface area contributed by atoms with Crippen molar-refractivity contribution in [2.75, 3.05) is 19.6 Å². The van der Waals surface area contributed by atoms with E-state index < -0.39 is 0 Å². The number of rotatable bonds is 9. The lowest BCUT2D eigenvalue weighted by Crippen LogP contribution is -2.29. The van der Waals surface area contributed by atoms with Gasteiger partial charge in [0.05, 0.1) is 12.0 Å². The maximum Gasteiger partial charge on any atom is 0.0949 e. The molecule has 1 aromatic rings. The molecule has 0 unspecified atom stereocenters. The quantitative estimate of drug-likeness (QED) is 0.731. The predicted octanol–water partition coefficient (Wildman–Crippen LogP) is 2.11. The Labute approximate surface area is 111 Å². The molecule has 0 saturated heterocycles. The Morgan fingerprint density at radius 3 is 2.72 bits per heavy atom. The Bertz CT molecular complexity index is 319. The van der Waals surface area contributed by atoms with Gasteiger partial charge in [-0.15, -0.1) is 0 Å². The van der Waals surface area contributed by atoms with Crippen LogP contribution < -0.4 is 5.32 Å². The minimum Gasteiger partial charge on any atom is -0.332 e. The van der Waals surface area contributed by atoms with Gasteiger partial charge in [-0.25, -0.2) is 4.98 Å². The maximum absolute atomic E-state index is 4.25. The molecule has 0 aliphatic rings. The van der Waals surface area contributed by atoms with Crippen LogP contribution in [0.4, 0.5) is 0 Å². The van der Waals surface area contributed by atoms with Crippen LogP contribution in [-0.4, -0.2) is 40.1 Å². The summed E-state index contributed by atoms with van der Waals surface area (Å²) in [5.41, 5.74) is 1.27. The van der Waals surface area contributed by atoms with Crippen molar-refractivity contribution in [3.63, 3.8) is 0 Å². The first-order chi connectivity index (χ1) is 8.67. The molecule has 0 saturated carbocycles. The van der Waals surface area contributed by atoms with E-state index in [0.29, 0.717) is 6.04 Å². The molecule has 0 amide bonds. The van der Waals surface area contributed by atoms with Gasteiger partial charge in [0.15, 0.2) is 0 Å². The predicted molar refractivity (Wildman–Crippen MR) is 76.6 cm³/mol. The molecule has 0 aromatic carbocycles. The molecule has 0 bridgehead atoms. The monoisotopic (exact) mass is 252 g/mol. The molecular weight excluding hydrogens is 224 g/mol. The smallest absolute Gasteiger partial charge is 0.0949 e. The van der Waals surface area contributed by atoms with Crippen LogP contribution in [0, 0.1) is 0 Å². The molecule has 4 heteroatoms. The van der Waals surface area contributed by atoms with E-state index in [0.717, 1.165) is 26.2 Å². The average molecular weight is 252 g/mol. The number of aromatic nitrogens is 2. The molecule has 0 aliphatic heterocycles. The summed E-state index contributed by atoms with van der Waals surface area (Å²) in [5, 5.41) is 3.44. The molecule has 1 heterocycles. The second-order valence-corrected chi connectivity index (χ2v) is 5.05. The third-order valence-corrected chi connectivity index (χ3v) is 3.13. The summed E-state index contributed by atoms with van der Waals surface area (Å²) in [6.07, 6.45) is 5.13. The molecule has 104 valence electrons. The van der Waals surface area contributed by atoms with Gasteiger partial charge in [0, 0.05) is 31.9 Å². The van der Waals surface area contributed by atoms with Gasteiger partial charge >= 0.3 is 0 Å². The minimum absolute atomic E-state index is 0.514. The van der Waals surface area contributed by atoms with Gasteiger partial charge in [-0.1, -0.05) is 27.7 Å². The zero-order valence-corrected chi connectivity index (χ0v) is 12.3. The molecule has 0 aliphatic carbocycles. The van der Waals surface area contributed by atoms with Crippen LogP contribution in [-0.2, 0) is 13.1 Å². The van der Waals surface area contributed by atoms with Crippen molar-refractivity contribution >= 4 is 0 Å². The Morgan fingerprint density at radius 2 is 2.11 bits per heavy atom. The molecule has 0 fully saturated rings. The van der Waals surface area contributed by atoms with E-state index in [-0.39, 0.29) is 0 Å². The SMILES string of the molecule is CCCN(CC)CCn1cncc1CNC(C)C. The first-order valence-electron chi connectivity index (χ1n) is 7.12. The van der Waals surface area contributed by atoms with Crippen molar-refractivity contribution in [1.29, 1.82) is 0 Å². The van der Waals surface area contributed by atoms with E-state index in [9.17, 15) is 0 Å². The highest BCUT2D eigenvalue weighted by Gasteiger charge is 2.05. The van der Waals surface area contributed by atoms with Crippen LogP contribution in [0.5, 0.6) is 0 Å². The zero-order chi connectivity index (χ0) is 13.4. The maximum atomic E-state index is 4.25. The molecular formula is C14H28N4. The highest BCUT2D eigenvalue weighted by molar-refractivity contribution is 4.98. The van der Waals surface area contributed by atoms with Gasteiger partial charge < -0.3 is 14.8 Å². The zero-order valence-electron chi connectivity index (χ0n) is 12.3. The van der Waals surface area contributed by atoms with E-state index >= 15 is 0 Å². The van der Waals surface area contributed by atoms with Crippen LogP contribution in [0.1, 0.15) is 39.8 Å². The summed E-state index contributed by atoms with van der Waals surface area (Å²) in [6, 6.07) is 0.514. The standard InChI is InChI=1S/C14H28N4/c1-5-7-17(6-2)8-9-18-12-15-10-14(18)11-16-13(3)4/h10,12-13,16H,5-9,11H2,1-4H3. The molecule has 1 rings (SSSR count). The summed E-state index contributed by atoms with van der Waals surface area (Å²) >= 11 is 0. The van der Waals surface area contributed by atoms with Crippen molar-refractivity contribution in [1.82, 2.24) is 19.8 Å². The largest absolute Gasteiger partial charge is 0.332 e. The van der Waals surface area contributed by atoms with Gasteiger partial charge in [-0.05, 0) is 19.5 Å². The van der Waals surface area contributed by atoms with Gasteiger partial charge in [0.25, 0.3) is 0 Å². The van der Waals surface area contributed by atoms with Crippen LogP contribution in [0.25, 0.3) is 0 Å². The normalized spacial score (nSPS) is 11.7. The number of hydrogen-bond donors (Lipinski definition) is 1. The topological polar surface area (TPSA) is 33.1 Å². The molecule has 18 heavy (non-hydrogen) atoms. The Hall–Kier alpha value is -0.870. The third kappa shape index (κ3) is 5.19. The fourth-order valence-corrected chi connectivity index (χ4v) is 2.00. The van der Waals surface area contributed by atoms with Crippen molar-refractivity contribution in [2.24, 2.45) is 0 Å². The fourth-order valence-electron chi connectivity index (χ4n) is 2.00. The lowest BCUT2D eigenvalue weighted by molar-refractivity contribution is 0.275. The first kappa shape index (κ1) is 15.2. The van der Waals surface area contributed by atoms with Crippen LogP contribution in [0.2, 0.25) is 0 Å². The summed E-state index contributed by atoms with van der Waals surface area (Å²) < 4.78 is 2.26. The van der Waals surface area contributed by atoms with E-state index in [1.807, 2.05) is 12.5 Å². The lowest BCUT2D eigenvalue weighted by Gasteiger charge is -2.20. The second kappa shape index (κ2) is 8.27. The van der Waals surface area contributed by atoms with Gasteiger partial charge in [-0.2, -0.15) is 0 Å². The molecule has 1 N–H and O–H groups in total. The highest BCUT2D eigenvalue weighted by atomic mass is 15.2. The minimum atomic E-state index is 0.514. The van der Waals surface area contributed by atoms with Gasteiger partial charge in [0.1, 0.15) is 0 Å². The number of nitrogens with one attached hydrogen (secondary N) is 1. The van der Waals surface area contributed by atoms with Crippen LogP contribution in [0.3, 0.4) is 0 Å². The van der Waals surface area contributed by atoms with Crippen molar-refractivity contribution in [3.05, 3.63) is 18.2 Å². The number of likely N-dealkylation sites (N-methyl/N-ethyl adjacent to an activating group) is 1. The highest BCUT2D eigenvalue weighted by Crippen LogP contribution is 2.01. The number of imidazole rings is 1. The third-order valence-electron chi connectivity index (χ3n) is 3.13. The van der Waals surface area contributed by atoms with E-state index in [2.05, 4.69) is 47.5 Å².